The average molecular weight is 506 g/mol. The van der Waals surface area contributed by atoms with Gasteiger partial charge in [-0.25, -0.2) is 0 Å². The zero-order chi connectivity index (χ0) is 25.4. The molecule has 0 saturated carbocycles. The molecule has 0 bridgehead atoms. The Morgan fingerprint density at radius 1 is 0.632 bits per heavy atom. The van der Waals surface area contributed by atoms with Crippen LogP contribution in [0, 0.1) is 6.92 Å². The van der Waals surface area contributed by atoms with E-state index in [1.807, 2.05) is 11.3 Å². The van der Waals surface area contributed by atoms with Crippen LogP contribution in [0.4, 0.5) is 0 Å². The van der Waals surface area contributed by atoms with Gasteiger partial charge in [0, 0.05) is 38.0 Å². The van der Waals surface area contributed by atoms with Gasteiger partial charge in [0.2, 0.25) is 5.69 Å². The lowest BCUT2D eigenvalue weighted by atomic mass is 9.98. The highest BCUT2D eigenvalue weighted by Gasteiger charge is 2.22. The summed E-state index contributed by atoms with van der Waals surface area (Å²) in [4.78, 5) is 0. The Morgan fingerprint density at radius 2 is 1.29 bits per heavy atom. The molecule has 180 valence electrons. The van der Waals surface area contributed by atoms with E-state index >= 15 is 0 Å². The monoisotopic (exact) mass is 505 g/mol. The fourth-order valence-corrected chi connectivity index (χ4v) is 7.46. The SMILES string of the molecule is Cc1cc2ccccc2cc1-c1c2sc3cc(-n4c5ccccc5c5ccccc54)ccc3c2cc[n+]1C. The van der Waals surface area contributed by atoms with E-state index in [1.165, 1.54) is 75.3 Å². The first kappa shape index (κ1) is 21.6. The van der Waals surface area contributed by atoms with Gasteiger partial charge in [-0.05, 0) is 53.6 Å². The predicted octanol–water partition coefficient (Wildman–Crippen LogP) is 9.10. The van der Waals surface area contributed by atoms with Crippen molar-refractivity contribution in [2.75, 3.05) is 0 Å². The molecule has 0 spiro atoms. The predicted molar refractivity (Wildman–Crippen MR) is 163 cm³/mol. The van der Waals surface area contributed by atoms with E-state index in [0.29, 0.717) is 0 Å². The fraction of sp³-hybridized carbons (Fsp3) is 0.0571. The maximum absolute atomic E-state index is 2.41. The summed E-state index contributed by atoms with van der Waals surface area (Å²) in [7, 11) is 2.16. The van der Waals surface area contributed by atoms with Crippen molar-refractivity contribution in [3.05, 3.63) is 121 Å². The third-order valence-corrected chi connectivity index (χ3v) is 9.11. The normalized spacial score (nSPS) is 11.9. The molecular weight excluding hydrogens is 480 g/mol. The van der Waals surface area contributed by atoms with E-state index in [4.69, 9.17) is 0 Å². The number of thiophene rings is 1. The van der Waals surface area contributed by atoms with Gasteiger partial charge < -0.3 is 4.57 Å². The molecule has 0 amide bonds. The Hall–Kier alpha value is -4.47. The maximum Gasteiger partial charge on any atom is 0.230 e. The molecule has 0 N–H and O–H groups in total. The first-order valence-corrected chi connectivity index (χ1v) is 13.8. The lowest BCUT2D eigenvalue weighted by Crippen LogP contribution is -2.30. The molecule has 0 aliphatic heterocycles. The third-order valence-electron chi connectivity index (χ3n) is 7.93. The minimum absolute atomic E-state index is 1.20. The summed E-state index contributed by atoms with van der Waals surface area (Å²) in [6, 6.07) is 40.0. The highest BCUT2D eigenvalue weighted by molar-refractivity contribution is 7.26. The number of hydrogen-bond acceptors (Lipinski definition) is 1. The summed E-state index contributed by atoms with van der Waals surface area (Å²) in [5, 5.41) is 7.78. The van der Waals surface area contributed by atoms with Gasteiger partial charge in [0.25, 0.3) is 0 Å². The number of pyridine rings is 1. The fourth-order valence-electron chi connectivity index (χ4n) is 6.13. The summed E-state index contributed by atoms with van der Waals surface area (Å²) in [6.45, 7) is 2.23. The first-order chi connectivity index (χ1) is 18.7. The van der Waals surface area contributed by atoms with Crippen molar-refractivity contribution in [3.8, 4) is 16.9 Å². The third kappa shape index (κ3) is 3.03. The standard InChI is InChI=1S/C35H25N2S/c1-22-19-23-9-3-4-10-24(23)20-30(22)34-35-29(17-18-36(34)2)28-16-15-25(21-33(28)38-35)37-31-13-7-5-11-26(31)27-12-6-8-14-32(27)37/h3-21H,1-2H3/q+1. The van der Waals surface area contributed by atoms with Crippen LogP contribution in [0.1, 0.15) is 5.56 Å². The summed E-state index contributed by atoms with van der Waals surface area (Å²) in [5.41, 5.74) is 7.57. The number of para-hydroxylation sites is 2. The van der Waals surface area contributed by atoms with Crippen molar-refractivity contribution in [3.63, 3.8) is 0 Å². The Labute approximate surface area is 224 Å². The number of fused-ring (bicyclic) bond motifs is 7. The second-order valence-electron chi connectivity index (χ2n) is 10.2. The minimum Gasteiger partial charge on any atom is -0.309 e. The van der Waals surface area contributed by atoms with Crippen LogP contribution in [0.25, 0.3) is 69.7 Å². The van der Waals surface area contributed by atoms with E-state index in [0.717, 1.165) is 0 Å². The Morgan fingerprint density at radius 3 is 2.03 bits per heavy atom. The van der Waals surface area contributed by atoms with Crippen molar-refractivity contribution in [2.45, 2.75) is 6.92 Å². The van der Waals surface area contributed by atoms with Gasteiger partial charge in [0.1, 0.15) is 11.7 Å². The van der Waals surface area contributed by atoms with Gasteiger partial charge in [-0.3, -0.25) is 0 Å². The molecule has 0 saturated heterocycles. The molecule has 0 radical (unpaired) electrons. The molecule has 0 aliphatic carbocycles. The van der Waals surface area contributed by atoms with Gasteiger partial charge in [-0.2, -0.15) is 4.57 Å². The van der Waals surface area contributed by atoms with Crippen molar-refractivity contribution in [1.82, 2.24) is 4.57 Å². The summed E-state index contributed by atoms with van der Waals surface area (Å²) < 4.78 is 7.33. The topological polar surface area (TPSA) is 8.81 Å². The number of benzene rings is 5. The number of hydrogen-bond donors (Lipinski definition) is 0. The van der Waals surface area contributed by atoms with Crippen LogP contribution in [0.3, 0.4) is 0 Å². The lowest BCUT2D eigenvalue weighted by Gasteiger charge is -2.08. The molecule has 0 unspecified atom stereocenters. The lowest BCUT2D eigenvalue weighted by molar-refractivity contribution is -0.659. The number of aromatic nitrogens is 2. The van der Waals surface area contributed by atoms with Crippen molar-refractivity contribution in [2.24, 2.45) is 7.05 Å². The van der Waals surface area contributed by atoms with Crippen molar-refractivity contribution in [1.29, 1.82) is 0 Å². The van der Waals surface area contributed by atoms with E-state index in [9.17, 15) is 0 Å². The highest BCUT2D eigenvalue weighted by Crippen LogP contribution is 2.41. The second-order valence-corrected chi connectivity index (χ2v) is 11.2. The molecular formula is C35H25N2S+. The maximum atomic E-state index is 2.41. The van der Waals surface area contributed by atoms with Crippen LogP contribution in [-0.2, 0) is 7.05 Å². The first-order valence-electron chi connectivity index (χ1n) is 13.0. The van der Waals surface area contributed by atoms with E-state index in [2.05, 4.69) is 138 Å². The van der Waals surface area contributed by atoms with Gasteiger partial charge in [-0.1, -0.05) is 72.8 Å². The van der Waals surface area contributed by atoms with Crippen LogP contribution in [0.2, 0.25) is 0 Å². The molecule has 2 nitrogen and oxygen atoms in total. The highest BCUT2D eigenvalue weighted by atomic mass is 32.1. The van der Waals surface area contributed by atoms with Gasteiger partial charge >= 0.3 is 0 Å². The minimum atomic E-state index is 1.20. The largest absolute Gasteiger partial charge is 0.309 e. The Kier molecular flexibility index (Phi) is 4.55. The van der Waals surface area contributed by atoms with E-state index in [1.54, 1.807) is 0 Å². The number of rotatable bonds is 2. The molecule has 0 aliphatic rings. The van der Waals surface area contributed by atoms with Gasteiger partial charge in [0.15, 0.2) is 6.20 Å². The average Bonchev–Trinajstić information content (AvgIpc) is 3.48. The van der Waals surface area contributed by atoms with E-state index in [-0.39, 0.29) is 0 Å². The summed E-state index contributed by atoms with van der Waals surface area (Å²) in [5.74, 6) is 0. The molecule has 0 atom stereocenters. The number of aryl methyl sites for hydroxylation is 2. The van der Waals surface area contributed by atoms with Crippen LogP contribution in [0.5, 0.6) is 0 Å². The van der Waals surface area contributed by atoms with Crippen LogP contribution >= 0.6 is 11.3 Å². The van der Waals surface area contributed by atoms with Crippen molar-refractivity contribution < 1.29 is 4.57 Å². The van der Waals surface area contributed by atoms with Crippen molar-refractivity contribution >= 4 is 64.1 Å². The molecule has 38 heavy (non-hydrogen) atoms. The Bertz CT molecular complexity index is 2160. The zero-order valence-corrected chi connectivity index (χ0v) is 22.1. The van der Waals surface area contributed by atoms with E-state index < -0.39 is 0 Å². The molecule has 0 fully saturated rings. The molecule has 8 aromatic rings. The molecule has 3 heteroatoms. The van der Waals surface area contributed by atoms with Crippen LogP contribution in [0.15, 0.2) is 115 Å². The smallest absolute Gasteiger partial charge is 0.230 e. The molecule has 3 aromatic heterocycles. The second kappa shape index (κ2) is 8.01. The summed E-state index contributed by atoms with van der Waals surface area (Å²) >= 11 is 1.90. The zero-order valence-electron chi connectivity index (χ0n) is 21.3. The molecule has 8 rings (SSSR count). The van der Waals surface area contributed by atoms with Gasteiger partial charge in [-0.15, -0.1) is 11.3 Å². The molecule has 5 aromatic carbocycles. The Balaban J connectivity index is 1.40. The van der Waals surface area contributed by atoms with Crippen LogP contribution < -0.4 is 4.57 Å². The summed E-state index contributed by atoms with van der Waals surface area (Å²) in [6.07, 6.45) is 2.21. The van der Waals surface area contributed by atoms with Crippen LogP contribution in [-0.4, -0.2) is 4.57 Å². The number of nitrogens with zero attached hydrogens (tertiary/aromatic N) is 2. The molecule has 3 heterocycles. The van der Waals surface area contributed by atoms with Gasteiger partial charge in [0.05, 0.1) is 16.6 Å². The quantitative estimate of drug-likeness (QED) is 0.207.